The van der Waals surface area contributed by atoms with Crippen molar-refractivity contribution in [3.8, 4) is 5.75 Å². The summed E-state index contributed by atoms with van der Waals surface area (Å²) in [6.45, 7) is 0. The van der Waals surface area contributed by atoms with Gasteiger partial charge in [0.05, 0.1) is 0 Å². The number of hydrogen-bond donors (Lipinski definition) is 0. The molecule has 22 heavy (non-hydrogen) atoms. The Morgan fingerprint density at radius 2 is 1.77 bits per heavy atom. The Kier molecular flexibility index (Phi) is 3.88. The van der Waals surface area contributed by atoms with Crippen LogP contribution >= 0.6 is 0 Å². The molecule has 0 saturated heterocycles. The van der Waals surface area contributed by atoms with Crippen molar-refractivity contribution in [2.24, 2.45) is 14.1 Å². The molecule has 0 aliphatic carbocycles. The van der Waals surface area contributed by atoms with Crippen LogP contribution in [0.4, 0.5) is 8.78 Å². The molecule has 0 radical (unpaired) electrons. The van der Waals surface area contributed by atoms with Crippen molar-refractivity contribution in [3.05, 3.63) is 56.9 Å². The zero-order valence-electron chi connectivity index (χ0n) is 11.4. The van der Waals surface area contributed by atoms with Crippen molar-refractivity contribution in [3.63, 3.8) is 0 Å². The average molecular weight is 332 g/mol. The van der Waals surface area contributed by atoms with Gasteiger partial charge in [-0.15, -0.1) is 0 Å². The van der Waals surface area contributed by atoms with Crippen LogP contribution in [-0.2, 0) is 24.2 Å². The van der Waals surface area contributed by atoms with Gasteiger partial charge in [-0.3, -0.25) is 9.36 Å². The van der Waals surface area contributed by atoms with Crippen LogP contribution in [0.1, 0.15) is 0 Å². The third-order valence-corrected chi connectivity index (χ3v) is 4.00. The molecule has 0 unspecified atom stereocenters. The molecule has 1 heterocycles. The van der Waals surface area contributed by atoms with E-state index in [1.807, 2.05) is 0 Å². The summed E-state index contributed by atoms with van der Waals surface area (Å²) in [5, 5.41) is 0. The van der Waals surface area contributed by atoms with Gasteiger partial charge in [0.1, 0.15) is 5.82 Å². The van der Waals surface area contributed by atoms with Crippen LogP contribution in [0.25, 0.3) is 0 Å². The minimum atomic E-state index is -4.70. The highest BCUT2D eigenvalue weighted by molar-refractivity contribution is 7.87. The van der Waals surface area contributed by atoms with E-state index in [1.54, 1.807) is 0 Å². The summed E-state index contributed by atoms with van der Waals surface area (Å²) >= 11 is 0. The van der Waals surface area contributed by atoms with E-state index in [-0.39, 0.29) is 0 Å². The molecule has 0 fully saturated rings. The summed E-state index contributed by atoms with van der Waals surface area (Å²) in [6, 6.07) is 2.01. The van der Waals surface area contributed by atoms with Gasteiger partial charge in [0, 0.05) is 26.4 Å². The average Bonchev–Trinajstić information content (AvgIpc) is 2.43. The van der Waals surface area contributed by atoms with Gasteiger partial charge in [0.25, 0.3) is 5.56 Å². The predicted octanol–water partition coefficient (Wildman–Crippen LogP) is 0.130. The van der Waals surface area contributed by atoms with Gasteiger partial charge in [-0.05, 0) is 12.1 Å². The summed E-state index contributed by atoms with van der Waals surface area (Å²) in [4.78, 5) is 22.5. The first-order chi connectivity index (χ1) is 10.1. The smallest absolute Gasteiger partial charge is 0.346 e. The monoisotopic (exact) mass is 332 g/mol. The van der Waals surface area contributed by atoms with Crippen LogP contribution in [0.2, 0.25) is 0 Å². The molecule has 10 heteroatoms. The molecule has 7 nitrogen and oxygen atoms in total. The van der Waals surface area contributed by atoms with Crippen molar-refractivity contribution >= 4 is 10.1 Å². The normalized spacial score (nSPS) is 11.5. The fourth-order valence-electron chi connectivity index (χ4n) is 1.65. The Hall–Kier alpha value is -2.49. The number of rotatable bonds is 3. The fourth-order valence-corrected chi connectivity index (χ4v) is 2.75. The second-order valence-electron chi connectivity index (χ2n) is 4.36. The highest BCUT2D eigenvalue weighted by atomic mass is 32.2. The maximum absolute atomic E-state index is 13.5. The van der Waals surface area contributed by atoms with E-state index in [1.165, 1.54) is 7.05 Å². The van der Waals surface area contributed by atoms with Crippen LogP contribution in [0.5, 0.6) is 5.75 Å². The number of halogens is 2. The first-order valence-electron chi connectivity index (χ1n) is 5.79. The van der Waals surface area contributed by atoms with Crippen LogP contribution in [-0.4, -0.2) is 17.6 Å². The van der Waals surface area contributed by atoms with Crippen molar-refractivity contribution in [1.82, 2.24) is 9.13 Å². The second kappa shape index (κ2) is 5.37. The Bertz CT molecular complexity index is 962. The molecule has 2 rings (SSSR count). The third-order valence-electron chi connectivity index (χ3n) is 2.78. The van der Waals surface area contributed by atoms with E-state index in [2.05, 4.69) is 4.18 Å². The molecule has 0 spiro atoms. The zero-order chi connectivity index (χ0) is 16.7. The molecule has 2 aromatic rings. The Labute approximate surface area is 123 Å². The highest BCUT2D eigenvalue weighted by Gasteiger charge is 2.25. The van der Waals surface area contributed by atoms with Crippen LogP contribution in [0.3, 0.4) is 0 Å². The summed E-state index contributed by atoms with van der Waals surface area (Å²) in [7, 11) is -2.38. The predicted molar refractivity (Wildman–Crippen MR) is 71.1 cm³/mol. The summed E-state index contributed by atoms with van der Waals surface area (Å²) in [6.07, 6.45) is 0.765. The summed E-state index contributed by atoms with van der Waals surface area (Å²) in [5.41, 5.74) is -1.86. The number of benzene rings is 1. The van der Waals surface area contributed by atoms with Gasteiger partial charge in [0.2, 0.25) is 0 Å². The number of aryl methyl sites for hydroxylation is 1. The Balaban J connectivity index is 2.57. The maximum atomic E-state index is 13.5. The number of hydrogen-bond acceptors (Lipinski definition) is 5. The van der Waals surface area contributed by atoms with Crippen LogP contribution in [0, 0.1) is 11.6 Å². The molecule has 0 atom stereocenters. The molecule has 118 valence electrons. The van der Waals surface area contributed by atoms with Gasteiger partial charge in [-0.25, -0.2) is 13.6 Å². The second-order valence-corrected chi connectivity index (χ2v) is 5.88. The van der Waals surface area contributed by atoms with Crippen LogP contribution < -0.4 is 15.4 Å². The standard InChI is InChI=1S/C12H10F2N2O5S/c1-15-6-10(11(17)16(2)12(15)18)22(19,20)21-9-4-3-7(13)5-8(9)14/h3-6H,1-2H3. The maximum Gasteiger partial charge on any atom is 0.346 e. The lowest BCUT2D eigenvalue weighted by atomic mass is 10.3. The van der Waals surface area contributed by atoms with Crippen molar-refractivity contribution in [2.45, 2.75) is 4.90 Å². The van der Waals surface area contributed by atoms with Gasteiger partial charge in [0.15, 0.2) is 16.5 Å². The molecular weight excluding hydrogens is 322 g/mol. The summed E-state index contributed by atoms with van der Waals surface area (Å²) < 4.78 is 56.3. The SMILES string of the molecule is Cn1cc(S(=O)(=O)Oc2ccc(F)cc2F)c(=O)n(C)c1=O. The molecular formula is C12H10F2N2O5S. The van der Waals surface area contributed by atoms with E-state index < -0.39 is 43.6 Å². The Morgan fingerprint density at radius 1 is 1.14 bits per heavy atom. The molecule has 0 aliphatic rings. The van der Waals surface area contributed by atoms with Gasteiger partial charge >= 0.3 is 15.8 Å². The van der Waals surface area contributed by atoms with Gasteiger partial charge in [-0.1, -0.05) is 0 Å². The molecule has 0 saturated carbocycles. The van der Waals surface area contributed by atoms with E-state index in [0.29, 0.717) is 10.6 Å². The van der Waals surface area contributed by atoms with Gasteiger partial charge < -0.3 is 8.75 Å². The molecule has 1 aromatic carbocycles. The number of nitrogens with zero attached hydrogens (tertiary/aromatic N) is 2. The zero-order valence-corrected chi connectivity index (χ0v) is 12.2. The van der Waals surface area contributed by atoms with Crippen molar-refractivity contribution in [1.29, 1.82) is 0 Å². The van der Waals surface area contributed by atoms with Gasteiger partial charge in [-0.2, -0.15) is 8.42 Å². The third kappa shape index (κ3) is 2.77. The largest absolute Gasteiger partial charge is 0.376 e. The lowest BCUT2D eigenvalue weighted by Gasteiger charge is -2.09. The topological polar surface area (TPSA) is 87.4 Å². The molecule has 1 aromatic heterocycles. The summed E-state index contributed by atoms with van der Waals surface area (Å²) in [5.74, 6) is -2.93. The van der Waals surface area contributed by atoms with Crippen molar-refractivity contribution in [2.75, 3.05) is 0 Å². The van der Waals surface area contributed by atoms with Crippen LogP contribution in [0.15, 0.2) is 38.9 Å². The first-order valence-corrected chi connectivity index (χ1v) is 7.20. The minimum absolute atomic E-state index is 0.434. The lowest BCUT2D eigenvalue weighted by Crippen LogP contribution is -2.39. The van der Waals surface area contributed by atoms with E-state index >= 15 is 0 Å². The molecule has 0 aliphatic heterocycles. The van der Waals surface area contributed by atoms with E-state index in [4.69, 9.17) is 0 Å². The molecule has 0 amide bonds. The van der Waals surface area contributed by atoms with E-state index in [0.717, 1.165) is 29.9 Å². The first kappa shape index (κ1) is 15.9. The Morgan fingerprint density at radius 3 is 2.36 bits per heavy atom. The lowest BCUT2D eigenvalue weighted by molar-refractivity contribution is 0.454. The number of aromatic nitrogens is 2. The fraction of sp³-hybridized carbons (Fsp3) is 0.167. The highest BCUT2D eigenvalue weighted by Crippen LogP contribution is 2.21. The van der Waals surface area contributed by atoms with Crippen molar-refractivity contribution < 1.29 is 21.4 Å². The quantitative estimate of drug-likeness (QED) is 0.746. The molecule has 0 bridgehead atoms. The van der Waals surface area contributed by atoms with E-state index in [9.17, 15) is 26.8 Å². The minimum Gasteiger partial charge on any atom is -0.376 e. The molecule has 0 N–H and O–H groups in total.